The number of anilines is 1. The van der Waals surface area contributed by atoms with E-state index in [-0.39, 0.29) is 17.3 Å². The fourth-order valence-corrected chi connectivity index (χ4v) is 2.35. The molecule has 1 saturated heterocycles. The van der Waals surface area contributed by atoms with Gasteiger partial charge < -0.3 is 14.4 Å². The first-order valence-corrected chi connectivity index (χ1v) is 6.28. The third-order valence-corrected chi connectivity index (χ3v) is 3.36. The van der Waals surface area contributed by atoms with Gasteiger partial charge in [0.1, 0.15) is 0 Å². The number of benzene rings is 1. The van der Waals surface area contributed by atoms with Crippen molar-refractivity contribution in [3.63, 3.8) is 0 Å². The lowest BCUT2D eigenvalue weighted by Gasteiger charge is -2.35. The fourth-order valence-electron chi connectivity index (χ4n) is 2.07. The smallest absolute Gasteiger partial charge is 0.330 e. The van der Waals surface area contributed by atoms with E-state index < -0.39 is 16.9 Å². The quantitative estimate of drug-likeness (QED) is 0.479. The number of hydrogen-bond acceptors (Lipinski definition) is 6. The van der Waals surface area contributed by atoms with Crippen molar-refractivity contribution >= 4 is 28.9 Å². The SMILES string of the molecule is COC(=O)C1COCCN1c1ccc([N+](=O)[O-])cc1Cl. The highest BCUT2D eigenvalue weighted by Gasteiger charge is 2.31. The standard InChI is InChI=1S/C12H13ClN2O5/c1-19-12(16)11-7-20-5-4-14(11)10-3-2-8(15(17)18)6-9(10)13/h2-3,6,11H,4-5,7H2,1H3. The Morgan fingerprint density at radius 2 is 2.35 bits per heavy atom. The summed E-state index contributed by atoms with van der Waals surface area (Å²) in [4.78, 5) is 23.7. The Balaban J connectivity index is 2.32. The number of nitrogens with zero attached hydrogens (tertiary/aromatic N) is 2. The molecule has 0 N–H and O–H groups in total. The maximum absolute atomic E-state index is 11.7. The van der Waals surface area contributed by atoms with Gasteiger partial charge in [0.25, 0.3) is 5.69 Å². The van der Waals surface area contributed by atoms with E-state index in [1.807, 2.05) is 0 Å². The molecule has 1 heterocycles. The van der Waals surface area contributed by atoms with Crippen molar-refractivity contribution in [1.29, 1.82) is 0 Å². The normalized spacial score (nSPS) is 18.7. The van der Waals surface area contributed by atoms with Crippen molar-refractivity contribution in [2.75, 3.05) is 31.8 Å². The molecular weight excluding hydrogens is 288 g/mol. The van der Waals surface area contributed by atoms with Gasteiger partial charge in [-0.25, -0.2) is 4.79 Å². The van der Waals surface area contributed by atoms with E-state index in [2.05, 4.69) is 0 Å². The maximum atomic E-state index is 11.7. The number of carbonyl (C=O) groups excluding carboxylic acids is 1. The predicted octanol–water partition coefficient (Wildman–Crippen LogP) is 1.63. The molecule has 1 aromatic carbocycles. The van der Waals surface area contributed by atoms with Crippen LogP contribution in [0.15, 0.2) is 18.2 Å². The lowest BCUT2D eigenvalue weighted by atomic mass is 10.1. The molecule has 0 spiro atoms. The first kappa shape index (κ1) is 14.5. The molecule has 0 amide bonds. The Hall–Kier alpha value is -1.86. The molecule has 0 aromatic heterocycles. The summed E-state index contributed by atoms with van der Waals surface area (Å²) in [5.74, 6) is -0.431. The Morgan fingerprint density at radius 3 is 2.95 bits per heavy atom. The van der Waals surface area contributed by atoms with Gasteiger partial charge in [-0.1, -0.05) is 11.6 Å². The van der Waals surface area contributed by atoms with Crippen molar-refractivity contribution in [1.82, 2.24) is 0 Å². The Bertz CT molecular complexity index is 537. The topological polar surface area (TPSA) is 81.9 Å². The number of ether oxygens (including phenoxy) is 2. The van der Waals surface area contributed by atoms with Crippen LogP contribution in [0.5, 0.6) is 0 Å². The molecule has 108 valence electrons. The molecule has 20 heavy (non-hydrogen) atoms. The van der Waals surface area contributed by atoms with Crippen molar-refractivity contribution < 1.29 is 19.2 Å². The third kappa shape index (κ3) is 2.83. The monoisotopic (exact) mass is 300 g/mol. The molecule has 1 unspecified atom stereocenters. The number of halogens is 1. The number of morpholine rings is 1. The molecule has 1 aromatic rings. The largest absolute Gasteiger partial charge is 0.467 e. The average Bonchev–Trinajstić information content (AvgIpc) is 2.46. The Labute approximate surface area is 120 Å². The Morgan fingerprint density at radius 1 is 1.60 bits per heavy atom. The van der Waals surface area contributed by atoms with Gasteiger partial charge in [0, 0.05) is 18.7 Å². The number of nitro benzene ring substituents is 1. The number of non-ortho nitro benzene ring substituents is 1. The summed E-state index contributed by atoms with van der Waals surface area (Å²) in [5.41, 5.74) is 0.456. The van der Waals surface area contributed by atoms with Crippen molar-refractivity contribution in [2.24, 2.45) is 0 Å². The van der Waals surface area contributed by atoms with E-state index in [4.69, 9.17) is 21.1 Å². The molecule has 7 nitrogen and oxygen atoms in total. The molecular formula is C12H13ClN2O5. The van der Waals surface area contributed by atoms with E-state index in [0.717, 1.165) is 0 Å². The van der Waals surface area contributed by atoms with Gasteiger partial charge in [0.05, 0.1) is 36.0 Å². The summed E-state index contributed by atoms with van der Waals surface area (Å²) < 4.78 is 10.00. The molecule has 1 aliphatic rings. The minimum atomic E-state index is -0.604. The van der Waals surface area contributed by atoms with E-state index >= 15 is 0 Å². The van der Waals surface area contributed by atoms with Gasteiger partial charge in [0.15, 0.2) is 6.04 Å². The Kier molecular flexibility index (Phi) is 4.41. The van der Waals surface area contributed by atoms with Gasteiger partial charge in [-0.05, 0) is 6.07 Å². The molecule has 0 aliphatic carbocycles. The zero-order valence-electron chi connectivity index (χ0n) is 10.7. The second-order valence-electron chi connectivity index (χ2n) is 4.20. The predicted molar refractivity (Wildman–Crippen MR) is 72.1 cm³/mol. The minimum absolute atomic E-state index is 0.0957. The summed E-state index contributed by atoms with van der Waals surface area (Å²) in [7, 11) is 1.30. The number of esters is 1. The summed E-state index contributed by atoms with van der Waals surface area (Å²) >= 11 is 6.08. The van der Waals surface area contributed by atoms with Crippen molar-refractivity contribution in [3.05, 3.63) is 33.3 Å². The fraction of sp³-hybridized carbons (Fsp3) is 0.417. The molecule has 1 fully saturated rings. The van der Waals surface area contributed by atoms with E-state index in [9.17, 15) is 14.9 Å². The van der Waals surface area contributed by atoms with Gasteiger partial charge in [0.2, 0.25) is 0 Å². The second kappa shape index (κ2) is 6.06. The van der Waals surface area contributed by atoms with Crippen LogP contribution in [0.2, 0.25) is 5.02 Å². The van der Waals surface area contributed by atoms with Gasteiger partial charge in [-0.2, -0.15) is 0 Å². The van der Waals surface area contributed by atoms with Crippen LogP contribution in [0.3, 0.4) is 0 Å². The second-order valence-corrected chi connectivity index (χ2v) is 4.61. The van der Waals surface area contributed by atoms with Crippen LogP contribution in [0.25, 0.3) is 0 Å². The van der Waals surface area contributed by atoms with Crippen LogP contribution >= 0.6 is 11.6 Å². The number of nitro groups is 1. The zero-order valence-corrected chi connectivity index (χ0v) is 11.5. The highest BCUT2D eigenvalue weighted by atomic mass is 35.5. The molecule has 0 saturated carbocycles. The van der Waals surface area contributed by atoms with Crippen LogP contribution in [0.4, 0.5) is 11.4 Å². The number of carbonyl (C=O) groups is 1. The van der Waals surface area contributed by atoms with Crippen LogP contribution < -0.4 is 4.90 Å². The molecule has 2 rings (SSSR count). The highest BCUT2D eigenvalue weighted by Crippen LogP contribution is 2.32. The lowest BCUT2D eigenvalue weighted by molar-refractivity contribution is -0.384. The summed E-state index contributed by atoms with van der Waals surface area (Å²) in [6.07, 6.45) is 0. The van der Waals surface area contributed by atoms with Crippen molar-refractivity contribution in [3.8, 4) is 0 Å². The summed E-state index contributed by atoms with van der Waals surface area (Å²) in [5, 5.41) is 10.9. The highest BCUT2D eigenvalue weighted by molar-refractivity contribution is 6.33. The maximum Gasteiger partial charge on any atom is 0.330 e. The van der Waals surface area contributed by atoms with Crippen LogP contribution in [0, 0.1) is 10.1 Å². The molecule has 8 heteroatoms. The van der Waals surface area contributed by atoms with E-state index in [0.29, 0.717) is 18.8 Å². The first-order valence-electron chi connectivity index (χ1n) is 5.90. The average molecular weight is 301 g/mol. The zero-order chi connectivity index (χ0) is 14.7. The minimum Gasteiger partial charge on any atom is -0.467 e. The number of methoxy groups -OCH3 is 1. The molecule has 1 aliphatic heterocycles. The molecule has 0 bridgehead atoms. The third-order valence-electron chi connectivity index (χ3n) is 3.05. The van der Waals surface area contributed by atoms with Gasteiger partial charge >= 0.3 is 5.97 Å². The summed E-state index contributed by atoms with van der Waals surface area (Å²) in [6.45, 7) is 1.10. The van der Waals surface area contributed by atoms with Crippen LogP contribution in [-0.2, 0) is 14.3 Å². The number of rotatable bonds is 3. The molecule has 0 radical (unpaired) electrons. The van der Waals surface area contributed by atoms with Crippen molar-refractivity contribution in [2.45, 2.75) is 6.04 Å². The van der Waals surface area contributed by atoms with E-state index in [1.165, 1.54) is 25.3 Å². The first-order chi connectivity index (χ1) is 9.54. The van der Waals surface area contributed by atoms with E-state index in [1.54, 1.807) is 4.90 Å². The number of hydrogen-bond donors (Lipinski definition) is 0. The van der Waals surface area contributed by atoms with Crippen LogP contribution in [-0.4, -0.2) is 43.8 Å². The summed E-state index contributed by atoms with van der Waals surface area (Å²) in [6, 6.07) is 3.54. The lowest BCUT2D eigenvalue weighted by Crippen LogP contribution is -2.50. The van der Waals surface area contributed by atoms with Gasteiger partial charge in [-0.15, -0.1) is 0 Å². The van der Waals surface area contributed by atoms with Crippen LogP contribution in [0.1, 0.15) is 0 Å². The van der Waals surface area contributed by atoms with Gasteiger partial charge in [-0.3, -0.25) is 10.1 Å². The molecule has 1 atom stereocenters.